The van der Waals surface area contributed by atoms with Crippen LogP contribution in [0.4, 0.5) is 0 Å². The summed E-state index contributed by atoms with van der Waals surface area (Å²) in [4.78, 5) is 18.5. The molecule has 0 aromatic carbocycles. The Bertz CT molecular complexity index is 573. The molecule has 2 heterocycles. The lowest BCUT2D eigenvalue weighted by atomic mass is 10.2. The van der Waals surface area contributed by atoms with Gasteiger partial charge < -0.3 is 4.90 Å². The van der Waals surface area contributed by atoms with E-state index < -0.39 is 0 Å². The fourth-order valence-electron chi connectivity index (χ4n) is 1.85. The summed E-state index contributed by atoms with van der Waals surface area (Å²) in [5.74, 6) is -0.0248. The molecule has 0 fully saturated rings. The van der Waals surface area contributed by atoms with Crippen LogP contribution >= 0.6 is 11.3 Å². The van der Waals surface area contributed by atoms with Gasteiger partial charge in [0.25, 0.3) is 5.91 Å². The minimum absolute atomic E-state index is 0.0248. The molecule has 19 heavy (non-hydrogen) atoms. The summed E-state index contributed by atoms with van der Waals surface area (Å²) in [6.45, 7) is 6.48. The molecule has 2 aromatic heterocycles. The van der Waals surface area contributed by atoms with Crippen molar-refractivity contribution in [1.82, 2.24) is 19.7 Å². The average Bonchev–Trinajstić information content (AvgIpc) is 2.94. The van der Waals surface area contributed by atoms with Crippen molar-refractivity contribution in [3.63, 3.8) is 0 Å². The predicted molar refractivity (Wildman–Crippen MR) is 75.1 cm³/mol. The van der Waals surface area contributed by atoms with Gasteiger partial charge in [-0.25, -0.2) is 4.98 Å². The number of amides is 1. The normalized spacial score (nSPS) is 11.0. The number of rotatable bonds is 4. The zero-order chi connectivity index (χ0) is 14.0. The molecule has 2 aromatic rings. The van der Waals surface area contributed by atoms with Gasteiger partial charge in [0.2, 0.25) is 0 Å². The molecule has 0 bridgehead atoms. The van der Waals surface area contributed by atoms with Crippen molar-refractivity contribution in [2.24, 2.45) is 7.05 Å². The highest BCUT2D eigenvalue weighted by Crippen LogP contribution is 2.15. The van der Waals surface area contributed by atoms with E-state index in [1.807, 2.05) is 44.3 Å². The van der Waals surface area contributed by atoms with Crippen LogP contribution in [0.25, 0.3) is 0 Å². The largest absolute Gasteiger partial charge is 0.330 e. The molecule has 1 amide bonds. The fourth-order valence-corrected chi connectivity index (χ4v) is 2.43. The highest BCUT2D eigenvalue weighted by atomic mass is 32.1. The van der Waals surface area contributed by atoms with Crippen molar-refractivity contribution in [3.05, 3.63) is 34.0 Å². The number of hydrogen-bond acceptors (Lipinski definition) is 4. The maximum atomic E-state index is 12.5. The lowest BCUT2D eigenvalue weighted by Crippen LogP contribution is -2.36. The van der Waals surface area contributed by atoms with Gasteiger partial charge in [-0.2, -0.15) is 5.10 Å². The molecule has 0 saturated heterocycles. The highest BCUT2D eigenvalue weighted by molar-refractivity contribution is 7.09. The van der Waals surface area contributed by atoms with E-state index in [2.05, 4.69) is 10.1 Å². The van der Waals surface area contributed by atoms with E-state index in [1.54, 1.807) is 10.9 Å². The predicted octanol–water partition coefficient (Wildman–Crippen LogP) is 2.24. The molecule has 0 atom stereocenters. The lowest BCUT2D eigenvalue weighted by molar-refractivity contribution is 0.0685. The third kappa shape index (κ3) is 3.20. The van der Waals surface area contributed by atoms with Gasteiger partial charge in [0.05, 0.1) is 11.2 Å². The molecule has 0 radical (unpaired) electrons. The third-order valence-corrected chi connectivity index (χ3v) is 3.61. The van der Waals surface area contributed by atoms with Crippen molar-refractivity contribution in [2.75, 3.05) is 0 Å². The zero-order valence-corrected chi connectivity index (χ0v) is 12.4. The van der Waals surface area contributed by atoms with Crippen molar-refractivity contribution >= 4 is 17.2 Å². The third-order valence-electron chi connectivity index (χ3n) is 2.83. The van der Waals surface area contributed by atoms with E-state index in [0.717, 1.165) is 10.6 Å². The molecule has 0 unspecified atom stereocenters. The zero-order valence-electron chi connectivity index (χ0n) is 11.6. The van der Waals surface area contributed by atoms with Crippen LogP contribution in [0.1, 0.15) is 34.9 Å². The molecule has 2 rings (SSSR count). The van der Waals surface area contributed by atoms with E-state index in [0.29, 0.717) is 12.2 Å². The van der Waals surface area contributed by atoms with E-state index in [9.17, 15) is 4.79 Å². The smallest absolute Gasteiger partial charge is 0.273 e. The monoisotopic (exact) mass is 278 g/mol. The Hall–Kier alpha value is -1.69. The van der Waals surface area contributed by atoms with Crippen LogP contribution in [0.15, 0.2) is 17.8 Å². The molecule has 0 N–H and O–H groups in total. The van der Waals surface area contributed by atoms with Crippen LogP contribution in [0, 0.1) is 6.92 Å². The van der Waals surface area contributed by atoms with Gasteiger partial charge in [0.1, 0.15) is 5.69 Å². The summed E-state index contributed by atoms with van der Waals surface area (Å²) < 4.78 is 1.74. The van der Waals surface area contributed by atoms with Crippen LogP contribution in [0.2, 0.25) is 0 Å². The van der Waals surface area contributed by atoms with Crippen LogP contribution in [-0.4, -0.2) is 31.6 Å². The molecule has 0 saturated carbocycles. The average molecular weight is 278 g/mol. The standard InChI is InChI=1S/C13H18N4OS/c1-9(2)17(7-11-5-14-16(4)6-11)13(18)12-8-19-10(3)15-12/h5-6,8-9H,7H2,1-4H3. The first-order chi connectivity index (χ1) is 8.97. The van der Waals surface area contributed by atoms with Crippen molar-refractivity contribution in [3.8, 4) is 0 Å². The number of nitrogens with zero attached hydrogens (tertiary/aromatic N) is 4. The fraction of sp³-hybridized carbons (Fsp3) is 0.462. The first kappa shape index (κ1) is 13.7. The quantitative estimate of drug-likeness (QED) is 0.862. The van der Waals surface area contributed by atoms with Gasteiger partial charge in [-0.05, 0) is 20.8 Å². The van der Waals surface area contributed by atoms with E-state index in [1.165, 1.54) is 11.3 Å². The summed E-state index contributed by atoms with van der Waals surface area (Å²) in [5.41, 5.74) is 1.55. The molecule has 0 aliphatic heterocycles. The van der Waals surface area contributed by atoms with Crippen LogP contribution in [0.3, 0.4) is 0 Å². The molecule has 6 heteroatoms. The molecule has 0 spiro atoms. The Morgan fingerprint density at radius 1 is 1.53 bits per heavy atom. The minimum atomic E-state index is -0.0248. The van der Waals surface area contributed by atoms with Crippen molar-refractivity contribution in [1.29, 1.82) is 0 Å². The number of aromatic nitrogens is 3. The Kier molecular flexibility index (Phi) is 3.99. The van der Waals surface area contributed by atoms with Crippen LogP contribution in [-0.2, 0) is 13.6 Å². The number of aryl methyl sites for hydroxylation is 2. The minimum Gasteiger partial charge on any atom is -0.330 e. The Balaban J connectivity index is 2.18. The molecule has 102 valence electrons. The first-order valence-corrected chi connectivity index (χ1v) is 7.06. The maximum Gasteiger partial charge on any atom is 0.273 e. The van der Waals surface area contributed by atoms with E-state index in [-0.39, 0.29) is 11.9 Å². The highest BCUT2D eigenvalue weighted by Gasteiger charge is 2.21. The second-order valence-corrected chi connectivity index (χ2v) is 5.86. The van der Waals surface area contributed by atoms with Gasteiger partial charge in [0, 0.05) is 36.8 Å². The molecule has 0 aliphatic rings. The topological polar surface area (TPSA) is 51.0 Å². The van der Waals surface area contributed by atoms with Crippen molar-refractivity contribution in [2.45, 2.75) is 33.4 Å². The first-order valence-electron chi connectivity index (χ1n) is 6.18. The van der Waals surface area contributed by atoms with Gasteiger partial charge in [0.15, 0.2) is 0 Å². The summed E-state index contributed by atoms with van der Waals surface area (Å²) >= 11 is 1.50. The van der Waals surface area contributed by atoms with Crippen molar-refractivity contribution < 1.29 is 4.79 Å². The molecular formula is C13H18N4OS. The van der Waals surface area contributed by atoms with Gasteiger partial charge in [-0.3, -0.25) is 9.48 Å². The maximum absolute atomic E-state index is 12.5. The SMILES string of the molecule is Cc1nc(C(=O)N(Cc2cnn(C)c2)C(C)C)cs1. The van der Waals surface area contributed by atoms with Gasteiger partial charge in [-0.1, -0.05) is 0 Å². The molecule has 5 nitrogen and oxygen atoms in total. The van der Waals surface area contributed by atoms with E-state index >= 15 is 0 Å². The van der Waals surface area contributed by atoms with E-state index in [4.69, 9.17) is 0 Å². The number of thiazole rings is 1. The van der Waals surface area contributed by atoms with Gasteiger partial charge >= 0.3 is 0 Å². The number of hydrogen-bond donors (Lipinski definition) is 0. The molecular weight excluding hydrogens is 260 g/mol. The molecule has 0 aliphatic carbocycles. The number of carbonyl (C=O) groups is 1. The summed E-state index contributed by atoms with van der Waals surface area (Å²) in [6.07, 6.45) is 3.71. The van der Waals surface area contributed by atoms with Gasteiger partial charge in [-0.15, -0.1) is 11.3 Å². The summed E-state index contributed by atoms with van der Waals surface area (Å²) in [7, 11) is 1.87. The Morgan fingerprint density at radius 2 is 2.26 bits per heavy atom. The Morgan fingerprint density at radius 3 is 2.74 bits per heavy atom. The second kappa shape index (κ2) is 5.52. The van der Waals surface area contributed by atoms with Crippen LogP contribution in [0.5, 0.6) is 0 Å². The van der Waals surface area contributed by atoms with Crippen LogP contribution < -0.4 is 0 Å². The lowest BCUT2D eigenvalue weighted by Gasteiger charge is -2.25. The number of carbonyl (C=O) groups excluding carboxylic acids is 1. The summed E-state index contributed by atoms with van der Waals surface area (Å²) in [5, 5.41) is 6.86. The second-order valence-electron chi connectivity index (χ2n) is 4.80. The Labute approximate surface area is 116 Å². The summed E-state index contributed by atoms with van der Waals surface area (Å²) in [6, 6.07) is 0.120.